The topological polar surface area (TPSA) is 117 Å². The number of amides is 1. The Morgan fingerprint density at radius 3 is 2.66 bits per heavy atom. The summed E-state index contributed by atoms with van der Waals surface area (Å²) in [7, 11) is -3.77. The average molecular weight is 473 g/mol. The van der Waals surface area contributed by atoms with Crippen molar-refractivity contribution in [2.75, 3.05) is 17.2 Å². The Morgan fingerprint density at radius 2 is 1.97 bits per heavy atom. The summed E-state index contributed by atoms with van der Waals surface area (Å²) in [5.74, 6) is 0.850. The van der Waals surface area contributed by atoms with Crippen molar-refractivity contribution in [2.24, 2.45) is 0 Å². The molecule has 1 aliphatic heterocycles. The van der Waals surface area contributed by atoms with E-state index in [4.69, 9.17) is 0 Å². The monoisotopic (exact) mass is 472 g/mol. The zero-order valence-electron chi connectivity index (χ0n) is 17.8. The number of thiazole rings is 1. The first-order valence-corrected chi connectivity index (χ1v) is 12.6. The van der Waals surface area contributed by atoms with Crippen LogP contribution >= 0.6 is 11.3 Å². The molecule has 3 heterocycles. The van der Waals surface area contributed by atoms with E-state index in [1.54, 1.807) is 18.3 Å². The fraction of sp³-hybridized carbons (Fsp3) is 0.333. The molecule has 3 aromatic rings. The van der Waals surface area contributed by atoms with Crippen LogP contribution in [0.15, 0.2) is 46.8 Å². The fourth-order valence-electron chi connectivity index (χ4n) is 3.70. The van der Waals surface area contributed by atoms with Crippen LogP contribution in [0.3, 0.4) is 0 Å². The molecule has 1 fully saturated rings. The van der Waals surface area contributed by atoms with Gasteiger partial charge in [0, 0.05) is 42.5 Å². The van der Waals surface area contributed by atoms with E-state index in [0.717, 1.165) is 18.5 Å². The zero-order valence-corrected chi connectivity index (χ0v) is 19.4. The molecule has 0 aliphatic carbocycles. The summed E-state index contributed by atoms with van der Waals surface area (Å²) in [6.07, 6.45) is 4.01. The molecular formula is C21H24N6O3S2. The minimum Gasteiger partial charge on any atom is -0.326 e. The van der Waals surface area contributed by atoms with E-state index < -0.39 is 16.1 Å². The molecule has 168 valence electrons. The molecule has 0 radical (unpaired) electrons. The van der Waals surface area contributed by atoms with E-state index in [1.807, 2.05) is 18.4 Å². The van der Waals surface area contributed by atoms with Crippen LogP contribution in [0.5, 0.6) is 0 Å². The summed E-state index contributed by atoms with van der Waals surface area (Å²) >= 11 is 1.46. The van der Waals surface area contributed by atoms with Crippen molar-refractivity contribution in [3.8, 4) is 0 Å². The highest BCUT2D eigenvalue weighted by molar-refractivity contribution is 7.89. The first kappa shape index (κ1) is 22.3. The molecule has 2 aromatic heterocycles. The Morgan fingerprint density at radius 1 is 1.19 bits per heavy atom. The van der Waals surface area contributed by atoms with Crippen molar-refractivity contribution < 1.29 is 13.2 Å². The van der Waals surface area contributed by atoms with Gasteiger partial charge in [-0.2, -0.15) is 4.31 Å². The number of sulfonamides is 1. The first-order valence-electron chi connectivity index (χ1n) is 10.2. The molecule has 1 atom stereocenters. The molecule has 0 spiro atoms. The lowest BCUT2D eigenvalue weighted by Gasteiger charge is -2.34. The van der Waals surface area contributed by atoms with Gasteiger partial charge in [-0.1, -0.05) is 6.42 Å². The Hall–Kier alpha value is -2.89. The predicted molar refractivity (Wildman–Crippen MR) is 123 cm³/mol. The number of carbonyl (C=O) groups excluding carboxylic acids is 1. The van der Waals surface area contributed by atoms with Crippen molar-refractivity contribution in [1.29, 1.82) is 0 Å². The van der Waals surface area contributed by atoms with Crippen LogP contribution in [0.1, 0.15) is 43.7 Å². The molecular weight excluding hydrogens is 448 g/mol. The third-order valence-electron chi connectivity index (χ3n) is 5.07. The maximum Gasteiger partial charge on any atom is 0.243 e. The van der Waals surface area contributed by atoms with Crippen LogP contribution in [0, 0.1) is 6.92 Å². The zero-order chi connectivity index (χ0) is 22.7. The van der Waals surface area contributed by atoms with Crippen LogP contribution < -0.4 is 10.6 Å². The lowest BCUT2D eigenvalue weighted by atomic mass is 10.0. The molecule has 1 amide bonds. The Bertz CT molecular complexity index is 1200. The Labute approximate surface area is 191 Å². The van der Waals surface area contributed by atoms with Gasteiger partial charge < -0.3 is 10.6 Å². The number of piperidine rings is 1. The molecule has 32 heavy (non-hydrogen) atoms. The number of benzene rings is 1. The highest BCUT2D eigenvalue weighted by Crippen LogP contribution is 2.35. The second kappa shape index (κ2) is 9.31. The number of rotatable bonds is 6. The van der Waals surface area contributed by atoms with Crippen molar-refractivity contribution >= 4 is 43.9 Å². The van der Waals surface area contributed by atoms with Gasteiger partial charge in [-0.15, -0.1) is 11.3 Å². The summed E-state index contributed by atoms with van der Waals surface area (Å²) in [5, 5.41) is 8.39. The van der Waals surface area contributed by atoms with Crippen molar-refractivity contribution in [1.82, 2.24) is 19.3 Å². The number of nitrogens with one attached hydrogen (secondary N) is 2. The van der Waals surface area contributed by atoms with Gasteiger partial charge in [0.05, 0.1) is 10.9 Å². The van der Waals surface area contributed by atoms with Crippen LogP contribution in [-0.2, 0) is 14.8 Å². The second-order valence-corrected chi connectivity index (χ2v) is 10.3. The molecule has 1 aromatic carbocycles. The molecule has 1 saturated heterocycles. The normalized spacial score (nSPS) is 17.1. The van der Waals surface area contributed by atoms with E-state index in [-0.39, 0.29) is 10.8 Å². The molecule has 2 N–H and O–H groups in total. The number of aromatic nitrogens is 3. The van der Waals surface area contributed by atoms with Gasteiger partial charge in [0.2, 0.25) is 15.9 Å². The molecule has 11 heteroatoms. The van der Waals surface area contributed by atoms with E-state index in [9.17, 15) is 13.2 Å². The number of nitrogens with zero attached hydrogens (tertiary/aromatic N) is 4. The third kappa shape index (κ3) is 4.95. The number of carbonyl (C=O) groups is 1. The van der Waals surface area contributed by atoms with Crippen molar-refractivity contribution in [3.05, 3.63) is 53.4 Å². The number of hydrogen-bond acceptors (Lipinski definition) is 8. The Balaban J connectivity index is 1.64. The lowest BCUT2D eigenvalue weighted by molar-refractivity contribution is -0.114. The number of anilines is 3. The van der Waals surface area contributed by atoms with Gasteiger partial charge in [-0.25, -0.2) is 23.4 Å². The van der Waals surface area contributed by atoms with E-state index in [1.165, 1.54) is 34.7 Å². The van der Waals surface area contributed by atoms with Gasteiger partial charge >= 0.3 is 0 Å². The maximum absolute atomic E-state index is 13.5. The van der Waals surface area contributed by atoms with Crippen LogP contribution in [0.2, 0.25) is 0 Å². The number of hydrogen-bond donors (Lipinski definition) is 2. The van der Waals surface area contributed by atoms with Crippen molar-refractivity contribution in [2.45, 2.75) is 44.0 Å². The summed E-state index contributed by atoms with van der Waals surface area (Å²) < 4.78 is 28.5. The quantitative estimate of drug-likeness (QED) is 0.559. The van der Waals surface area contributed by atoms with Crippen molar-refractivity contribution in [3.63, 3.8) is 0 Å². The SMILES string of the molecule is CC(=O)Nc1ccc(S(=O)(=O)N2CCCCC2c2nc(C)cc(Nc3nccs3)n2)cc1. The van der Waals surface area contributed by atoms with Gasteiger partial charge in [0.15, 0.2) is 5.13 Å². The highest BCUT2D eigenvalue weighted by atomic mass is 32.2. The lowest BCUT2D eigenvalue weighted by Crippen LogP contribution is -2.39. The summed E-state index contributed by atoms with van der Waals surface area (Å²) in [6, 6.07) is 7.56. The van der Waals surface area contributed by atoms with E-state index in [2.05, 4.69) is 25.6 Å². The molecule has 1 aliphatic rings. The van der Waals surface area contributed by atoms with Crippen LogP contribution in [0.4, 0.5) is 16.6 Å². The van der Waals surface area contributed by atoms with E-state index >= 15 is 0 Å². The van der Waals surface area contributed by atoms with Gasteiger partial charge in [-0.05, 0) is 44.0 Å². The Kier molecular flexibility index (Phi) is 6.49. The van der Waals surface area contributed by atoms with Crippen LogP contribution in [0.25, 0.3) is 0 Å². The standard InChI is InChI=1S/C21H24N6O3S2/c1-14-13-19(26-21-22-10-12-31-21)25-20(23-14)18-5-3-4-11-27(18)32(29,30)17-8-6-16(7-9-17)24-15(2)28/h6-10,12-13,18H,3-5,11H2,1-2H3,(H,24,28)(H,22,23,25,26). The predicted octanol–water partition coefficient (Wildman–Crippen LogP) is 3.86. The third-order valence-corrected chi connectivity index (χ3v) is 7.68. The molecule has 9 nitrogen and oxygen atoms in total. The summed E-state index contributed by atoms with van der Waals surface area (Å²) in [4.78, 5) is 24.8. The fourth-order valence-corrected chi connectivity index (χ4v) is 5.89. The smallest absolute Gasteiger partial charge is 0.243 e. The maximum atomic E-state index is 13.5. The minimum absolute atomic E-state index is 0.173. The summed E-state index contributed by atoms with van der Waals surface area (Å²) in [6.45, 7) is 3.66. The molecule has 0 saturated carbocycles. The van der Waals surface area contributed by atoms with Crippen LogP contribution in [-0.4, -0.2) is 40.1 Å². The van der Waals surface area contributed by atoms with Gasteiger partial charge in [-0.3, -0.25) is 4.79 Å². The van der Waals surface area contributed by atoms with Gasteiger partial charge in [0.25, 0.3) is 0 Å². The first-order chi connectivity index (χ1) is 15.3. The minimum atomic E-state index is -3.77. The average Bonchev–Trinajstić information content (AvgIpc) is 3.26. The largest absolute Gasteiger partial charge is 0.326 e. The highest BCUT2D eigenvalue weighted by Gasteiger charge is 2.36. The molecule has 0 bridgehead atoms. The van der Waals surface area contributed by atoms with Gasteiger partial charge in [0.1, 0.15) is 11.6 Å². The second-order valence-electron chi connectivity index (χ2n) is 7.55. The molecule has 1 unspecified atom stereocenters. The van der Waals surface area contributed by atoms with E-state index in [0.29, 0.717) is 35.4 Å². The molecule has 4 rings (SSSR count). The number of aryl methyl sites for hydroxylation is 1. The summed E-state index contributed by atoms with van der Waals surface area (Å²) in [5.41, 5.74) is 1.29.